The molecular formula is C18H30N4S2. The van der Waals surface area contributed by atoms with E-state index >= 15 is 0 Å². The van der Waals surface area contributed by atoms with Crippen molar-refractivity contribution < 1.29 is 0 Å². The number of nitrogens with zero attached hydrogens (tertiary/aromatic N) is 2. The summed E-state index contributed by atoms with van der Waals surface area (Å²) in [7, 11) is 0. The Balaban J connectivity index is 1.64. The number of nitrogens with one attached hydrogen (secondary N) is 2. The van der Waals surface area contributed by atoms with Crippen molar-refractivity contribution in [1.29, 1.82) is 0 Å². The molecule has 134 valence electrons. The van der Waals surface area contributed by atoms with Crippen LogP contribution in [0.4, 0.5) is 5.69 Å². The molecule has 1 fully saturated rings. The predicted octanol–water partition coefficient (Wildman–Crippen LogP) is 2.41. The van der Waals surface area contributed by atoms with Crippen LogP contribution in [0.3, 0.4) is 0 Å². The quantitative estimate of drug-likeness (QED) is 0.543. The number of benzene rings is 1. The Bertz CT molecular complexity index is 475. The average Bonchev–Trinajstić information content (AvgIpc) is 2.64. The van der Waals surface area contributed by atoms with Crippen LogP contribution in [0.2, 0.25) is 0 Å². The van der Waals surface area contributed by atoms with Crippen molar-refractivity contribution in [2.75, 3.05) is 56.2 Å². The summed E-state index contributed by atoms with van der Waals surface area (Å²) in [5.41, 5.74) is 1.33. The van der Waals surface area contributed by atoms with Gasteiger partial charge in [0.05, 0.1) is 0 Å². The number of anilines is 1. The Kier molecular flexibility index (Phi) is 8.70. The first-order valence-electron chi connectivity index (χ1n) is 8.75. The van der Waals surface area contributed by atoms with Crippen molar-refractivity contribution in [2.45, 2.75) is 19.4 Å². The van der Waals surface area contributed by atoms with Crippen molar-refractivity contribution in [3.05, 3.63) is 30.3 Å². The summed E-state index contributed by atoms with van der Waals surface area (Å²) in [6, 6.07) is 11.2. The Morgan fingerprint density at radius 1 is 1.17 bits per heavy atom. The second-order valence-corrected chi connectivity index (χ2v) is 7.58. The zero-order valence-corrected chi connectivity index (χ0v) is 16.5. The van der Waals surface area contributed by atoms with Gasteiger partial charge in [-0.3, -0.25) is 4.90 Å². The Morgan fingerprint density at radius 2 is 1.88 bits per heavy atom. The van der Waals surface area contributed by atoms with Gasteiger partial charge >= 0.3 is 0 Å². The van der Waals surface area contributed by atoms with Gasteiger partial charge in [-0.05, 0) is 49.7 Å². The predicted molar refractivity (Wildman–Crippen MR) is 111 cm³/mol. The van der Waals surface area contributed by atoms with Gasteiger partial charge < -0.3 is 15.5 Å². The van der Waals surface area contributed by atoms with Gasteiger partial charge in [0.25, 0.3) is 0 Å². The van der Waals surface area contributed by atoms with E-state index in [9.17, 15) is 0 Å². The van der Waals surface area contributed by atoms with E-state index in [1.54, 1.807) is 0 Å². The Hall–Kier alpha value is -0.980. The lowest BCUT2D eigenvalue weighted by Gasteiger charge is -2.39. The Morgan fingerprint density at radius 3 is 2.54 bits per heavy atom. The number of thiocarbonyl (C=S) groups is 1. The molecule has 2 rings (SSSR count). The molecule has 1 aromatic rings. The molecule has 0 saturated carbocycles. The van der Waals surface area contributed by atoms with Gasteiger partial charge in [0.2, 0.25) is 0 Å². The third kappa shape index (κ3) is 6.49. The summed E-state index contributed by atoms with van der Waals surface area (Å²) >= 11 is 7.22. The van der Waals surface area contributed by atoms with Crippen LogP contribution in [0.1, 0.15) is 13.3 Å². The molecule has 4 nitrogen and oxygen atoms in total. The molecule has 0 amide bonds. The van der Waals surface area contributed by atoms with Crippen molar-refractivity contribution >= 4 is 34.8 Å². The van der Waals surface area contributed by atoms with E-state index in [1.165, 1.54) is 11.4 Å². The molecule has 0 spiro atoms. The number of hydrogen-bond donors (Lipinski definition) is 2. The van der Waals surface area contributed by atoms with E-state index in [4.69, 9.17) is 12.2 Å². The summed E-state index contributed by atoms with van der Waals surface area (Å²) < 4.78 is 0. The van der Waals surface area contributed by atoms with Crippen molar-refractivity contribution in [2.24, 2.45) is 0 Å². The molecule has 2 N–H and O–H groups in total. The average molecular weight is 367 g/mol. The number of piperazine rings is 1. The van der Waals surface area contributed by atoms with Gasteiger partial charge in [-0.1, -0.05) is 18.2 Å². The highest BCUT2D eigenvalue weighted by Crippen LogP contribution is 2.16. The summed E-state index contributed by atoms with van der Waals surface area (Å²) in [5, 5.41) is 7.43. The van der Waals surface area contributed by atoms with E-state index in [2.05, 4.69) is 63.9 Å². The first-order valence-corrected chi connectivity index (χ1v) is 10.6. The fourth-order valence-corrected chi connectivity index (χ4v) is 3.53. The van der Waals surface area contributed by atoms with Crippen LogP contribution in [0.25, 0.3) is 0 Å². The number of rotatable bonds is 8. The lowest BCUT2D eigenvalue weighted by molar-refractivity contribution is 0.197. The van der Waals surface area contributed by atoms with Crippen LogP contribution in [0, 0.1) is 0 Å². The van der Waals surface area contributed by atoms with Crippen LogP contribution in [-0.2, 0) is 0 Å². The third-order valence-electron chi connectivity index (χ3n) is 4.43. The van der Waals surface area contributed by atoms with Crippen LogP contribution in [0.5, 0.6) is 0 Å². The fraction of sp³-hybridized carbons (Fsp3) is 0.611. The second-order valence-electron chi connectivity index (χ2n) is 6.19. The molecule has 24 heavy (non-hydrogen) atoms. The minimum absolute atomic E-state index is 0.494. The van der Waals surface area contributed by atoms with Crippen molar-refractivity contribution in [1.82, 2.24) is 15.5 Å². The third-order valence-corrected chi connectivity index (χ3v) is 5.41. The molecular weight excluding hydrogens is 336 g/mol. The first-order chi connectivity index (χ1) is 11.7. The first kappa shape index (κ1) is 19.3. The number of hydrogen-bond acceptors (Lipinski definition) is 4. The fourth-order valence-electron chi connectivity index (χ4n) is 2.91. The van der Waals surface area contributed by atoms with Crippen LogP contribution in [0.15, 0.2) is 30.3 Å². The smallest absolute Gasteiger partial charge is 0.166 e. The van der Waals surface area contributed by atoms with Gasteiger partial charge in [-0.15, -0.1) is 0 Å². The van der Waals surface area contributed by atoms with Crippen molar-refractivity contribution in [3.8, 4) is 0 Å². The van der Waals surface area contributed by atoms with Gasteiger partial charge in [0, 0.05) is 51.0 Å². The summed E-state index contributed by atoms with van der Waals surface area (Å²) in [6.07, 6.45) is 3.29. The van der Waals surface area contributed by atoms with E-state index in [0.29, 0.717) is 6.04 Å². The molecule has 0 radical (unpaired) electrons. The highest BCUT2D eigenvalue weighted by Gasteiger charge is 2.21. The maximum Gasteiger partial charge on any atom is 0.166 e. The normalized spacial score (nSPS) is 16.7. The molecule has 1 aromatic carbocycles. The van der Waals surface area contributed by atoms with Crippen LogP contribution >= 0.6 is 24.0 Å². The topological polar surface area (TPSA) is 30.5 Å². The van der Waals surface area contributed by atoms with E-state index in [0.717, 1.165) is 50.8 Å². The summed E-state index contributed by atoms with van der Waals surface area (Å²) in [6.45, 7) is 8.52. The van der Waals surface area contributed by atoms with E-state index in [-0.39, 0.29) is 0 Å². The molecule has 1 aliphatic heterocycles. The molecule has 0 unspecified atom stereocenters. The lowest BCUT2D eigenvalue weighted by atomic mass is 10.2. The molecule has 1 aliphatic rings. The standard InChI is InChI=1S/C18H30N4S2/c1-16(15-20-18(23)19-9-6-14-24-2)21-10-12-22(13-11-21)17-7-4-3-5-8-17/h3-5,7-8,16H,6,9-15H2,1-2H3,(H2,19,20,23)/t16-/m0/s1. The largest absolute Gasteiger partial charge is 0.369 e. The minimum Gasteiger partial charge on any atom is -0.369 e. The van der Waals surface area contributed by atoms with Gasteiger partial charge in [-0.25, -0.2) is 0 Å². The van der Waals surface area contributed by atoms with Crippen LogP contribution < -0.4 is 15.5 Å². The number of thioether (sulfide) groups is 1. The summed E-state index contributed by atoms with van der Waals surface area (Å²) in [5.74, 6) is 1.18. The molecule has 1 atom stereocenters. The van der Waals surface area contributed by atoms with Crippen LogP contribution in [-0.4, -0.2) is 67.3 Å². The molecule has 1 heterocycles. The molecule has 0 aromatic heterocycles. The highest BCUT2D eigenvalue weighted by molar-refractivity contribution is 7.98. The lowest BCUT2D eigenvalue weighted by Crippen LogP contribution is -2.53. The second kappa shape index (κ2) is 10.8. The SMILES string of the molecule is CSCCCNC(=S)NC[C@H](C)N1CCN(c2ccccc2)CC1. The van der Waals surface area contributed by atoms with E-state index < -0.39 is 0 Å². The Labute approximate surface area is 156 Å². The molecule has 1 saturated heterocycles. The minimum atomic E-state index is 0.494. The molecule has 0 aliphatic carbocycles. The number of para-hydroxylation sites is 1. The van der Waals surface area contributed by atoms with Gasteiger partial charge in [-0.2, -0.15) is 11.8 Å². The zero-order chi connectivity index (χ0) is 17.2. The van der Waals surface area contributed by atoms with Gasteiger partial charge in [0.15, 0.2) is 5.11 Å². The zero-order valence-electron chi connectivity index (χ0n) is 14.8. The molecule has 6 heteroatoms. The monoisotopic (exact) mass is 366 g/mol. The molecule has 0 bridgehead atoms. The maximum absolute atomic E-state index is 5.35. The van der Waals surface area contributed by atoms with E-state index in [1.807, 2.05) is 11.8 Å². The highest BCUT2D eigenvalue weighted by atomic mass is 32.2. The maximum atomic E-state index is 5.35. The van der Waals surface area contributed by atoms with Crippen molar-refractivity contribution in [3.63, 3.8) is 0 Å². The van der Waals surface area contributed by atoms with Gasteiger partial charge in [0.1, 0.15) is 0 Å². The summed E-state index contributed by atoms with van der Waals surface area (Å²) in [4.78, 5) is 5.01.